The fourth-order valence-corrected chi connectivity index (χ4v) is 3.21. The molecule has 0 aliphatic heterocycles. The van der Waals surface area contributed by atoms with Crippen molar-refractivity contribution in [1.82, 2.24) is 0 Å². The van der Waals surface area contributed by atoms with Crippen molar-refractivity contribution in [2.75, 3.05) is 0 Å². The van der Waals surface area contributed by atoms with E-state index in [-0.39, 0.29) is 6.10 Å². The third-order valence-corrected chi connectivity index (χ3v) is 4.40. The fraction of sp³-hybridized carbons (Fsp3) is 0.941. The zero-order valence-corrected chi connectivity index (χ0v) is 13.6. The summed E-state index contributed by atoms with van der Waals surface area (Å²) < 4.78 is 5.22. The summed E-state index contributed by atoms with van der Waals surface area (Å²) in [7, 11) is 0. The van der Waals surface area contributed by atoms with Crippen LogP contribution < -0.4 is 0 Å². The summed E-state index contributed by atoms with van der Waals surface area (Å²) >= 11 is 5.36. The number of halogens is 1. The molecule has 0 heterocycles. The molecule has 0 aromatic rings. The first kappa shape index (κ1) is 17.8. The number of carbonyl (C=O) groups is 1. The molecule has 1 fully saturated rings. The van der Waals surface area contributed by atoms with Gasteiger partial charge in [0.25, 0.3) is 0 Å². The number of ether oxygens (including phenoxy) is 1. The summed E-state index contributed by atoms with van der Waals surface area (Å²) in [5, 5.41) is 0. The van der Waals surface area contributed by atoms with Crippen LogP contribution in [0.5, 0.6) is 0 Å². The molecule has 20 heavy (non-hydrogen) atoms. The number of hydrogen-bond acceptors (Lipinski definition) is 2. The van der Waals surface area contributed by atoms with E-state index in [1.165, 1.54) is 70.6 Å². The van der Waals surface area contributed by atoms with Crippen LogP contribution in [0, 0.1) is 0 Å². The summed E-state index contributed by atoms with van der Waals surface area (Å²) in [6.07, 6.45) is 19.2. The third kappa shape index (κ3) is 10.5. The molecule has 0 aromatic carbocycles. The molecule has 3 heteroatoms. The van der Waals surface area contributed by atoms with E-state index in [9.17, 15) is 4.79 Å². The Labute approximate surface area is 129 Å². The van der Waals surface area contributed by atoms with Gasteiger partial charge in [-0.3, -0.25) is 0 Å². The molecule has 1 rings (SSSR count). The van der Waals surface area contributed by atoms with Crippen LogP contribution in [0.1, 0.15) is 96.3 Å². The van der Waals surface area contributed by atoms with Crippen LogP contribution in [-0.2, 0) is 4.74 Å². The second kappa shape index (κ2) is 12.5. The zero-order valence-electron chi connectivity index (χ0n) is 12.9. The highest BCUT2D eigenvalue weighted by molar-refractivity contribution is 6.61. The molecule has 0 saturated heterocycles. The molecule has 0 aromatic heterocycles. The summed E-state index contributed by atoms with van der Waals surface area (Å²) in [6, 6.07) is 0. The van der Waals surface area contributed by atoms with E-state index in [0.717, 1.165) is 25.7 Å². The van der Waals surface area contributed by atoms with Crippen molar-refractivity contribution in [3.05, 3.63) is 0 Å². The van der Waals surface area contributed by atoms with Gasteiger partial charge < -0.3 is 4.74 Å². The van der Waals surface area contributed by atoms with Crippen LogP contribution >= 0.6 is 11.6 Å². The van der Waals surface area contributed by atoms with Gasteiger partial charge in [0, 0.05) is 11.6 Å². The number of rotatable bonds is 1. The molecule has 0 spiro atoms. The molecule has 0 bridgehead atoms. The van der Waals surface area contributed by atoms with E-state index < -0.39 is 5.43 Å². The molecule has 2 nitrogen and oxygen atoms in total. The van der Waals surface area contributed by atoms with Gasteiger partial charge in [-0.05, 0) is 25.7 Å². The second-order valence-electron chi connectivity index (χ2n) is 6.15. The standard InChI is InChI=1S/C17H31ClO2/c18-17(19)20-16-14-12-10-8-6-4-2-1-3-5-7-9-11-13-15-16/h16H,1-15H2. The van der Waals surface area contributed by atoms with Crippen molar-refractivity contribution in [1.29, 1.82) is 0 Å². The Morgan fingerprint density at radius 3 is 1.25 bits per heavy atom. The van der Waals surface area contributed by atoms with Gasteiger partial charge in [-0.2, -0.15) is 0 Å². The van der Waals surface area contributed by atoms with Gasteiger partial charge in [-0.1, -0.05) is 70.6 Å². The second-order valence-corrected chi connectivity index (χ2v) is 6.46. The average molecular weight is 303 g/mol. The number of hydrogen-bond donors (Lipinski definition) is 0. The van der Waals surface area contributed by atoms with E-state index in [0.29, 0.717) is 0 Å². The highest BCUT2D eigenvalue weighted by Gasteiger charge is 2.12. The molecule has 118 valence electrons. The maximum absolute atomic E-state index is 10.9. The van der Waals surface area contributed by atoms with Gasteiger partial charge >= 0.3 is 5.43 Å². The van der Waals surface area contributed by atoms with E-state index in [4.69, 9.17) is 16.3 Å². The van der Waals surface area contributed by atoms with Gasteiger partial charge in [0.2, 0.25) is 0 Å². The highest BCUT2D eigenvalue weighted by Crippen LogP contribution is 2.19. The molecule has 1 aliphatic carbocycles. The molecular weight excluding hydrogens is 272 g/mol. The molecule has 1 saturated carbocycles. The summed E-state index contributed by atoms with van der Waals surface area (Å²) in [6.45, 7) is 0. The first-order chi connectivity index (χ1) is 9.79. The van der Waals surface area contributed by atoms with Crippen LogP contribution in [0.15, 0.2) is 0 Å². The predicted octanol–water partition coefficient (Wildman–Crippen LogP) is 6.60. The van der Waals surface area contributed by atoms with Crippen molar-refractivity contribution in [3.63, 3.8) is 0 Å². The first-order valence-corrected chi connectivity index (χ1v) is 9.03. The first-order valence-electron chi connectivity index (χ1n) is 8.65. The largest absolute Gasteiger partial charge is 0.450 e. The van der Waals surface area contributed by atoms with Gasteiger partial charge in [0.1, 0.15) is 6.10 Å². The van der Waals surface area contributed by atoms with Crippen LogP contribution in [0.4, 0.5) is 4.79 Å². The molecule has 0 unspecified atom stereocenters. The highest BCUT2D eigenvalue weighted by atomic mass is 35.5. The van der Waals surface area contributed by atoms with Crippen molar-refractivity contribution < 1.29 is 9.53 Å². The fourth-order valence-electron chi connectivity index (χ4n) is 3.08. The lowest BCUT2D eigenvalue weighted by atomic mass is 10.00. The van der Waals surface area contributed by atoms with E-state index in [1.54, 1.807) is 0 Å². The molecular formula is C17H31ClO2. The maximum atomic E-state index is 10.9. The Morgan fingerprint density at radius 1 is 0.650 bits per heavy atom. The quantitative estimate of drug-likeness (QED) is 0.510. The van der Waals surface area contributed by atoms with E-state index in [1.807, 2.05) is 0 Å². The lowest BCUT2D eigenvalue weighted by molar-refractivity contribution is 0.106. The normalized spacial score (nSPS) is 22.2. The van der Waals surface area contributed by atoms with Crippen LogP contribution in [0.2, 0.25) is 0 Å². The topological polar surface area (TPSA) is 26.3 Å². The van der Waals surface area contributed by atoms with Crippen LogP contribution in [0.25, 0.3) is 0 Å². The van der Waals surface area contributed by atoms with Gasteiger partial charge in [0.15, 0.2) is 0 Å². The van der Waals surface area contributed by atoms with Crippen molar-refractivity contribution in [2.24, 2.45) is 0 Å². The minimum atomic E-state index is -0.635. The smallest absolute Gasteiger partial charge is 0.404 e. The Hall–Kier alpha value is -0.240. The summed E-state index contributed by atoms with van der Waals surface area (Å²) in [4.78, 5) is 10.9. The van der Waals surface area contributed by atoms with Crippen LogP contribution in [0.3, 0.4) is 0 Å². The molecule has 0 atom stereocenters. The molecule has 0 radical (unpaired) electrons. The van der Waals surface area contributed by atoms with Crippen LogP contribution in [-0.4, -0.2) is 11.5 Å². The van der Waals surface area contributed by atoms with Crippen molar-refractivity contribution in [3.8, 4) is 0 Å². The van der Waals surface area contributed by atoms with E-state index >= 15 is 0 Å². The molecule has 0 N–H and O–H groups in total. The molecule has 1 aliphatic rings. The van der Waals surface area contributed by atoms with Gasteiger partial charge in [-0.15, -0.1) is 0 Å². The van der Waals surface area contributed by atoms with Crippen molar-refractivity contribution >= 4 is 17.0 Å². The predicted molar refractivity (Wildman–Crippen MR) is 85.4 cm³/mol. The van der Waals surface area contributed by atoms with Gasteiger partial charge in [0.05, 0.1) is 0 Å². The molecule has 0 amide bonds. The third-order valence-electron chi connectivity index (χ3n) is 4.31. The lowest BCUT2D eigenvalue weighted by Crippen LogP contribution is -2.14. The summed E-state index contributed by atoms with van der Waals surface area (Å²) in [5.41, 5.74) is -0.635. The van der Waals surface area contributed by atoms with E-state index in [2.05, 4.69) is 0 Å². The lowest BCUT2D eigenvalue weighted by Gasteiger charge is -2.16. The number of carbonyl (C=O) groups excluding carboxylic acids is 1. The Balaban J connectivity index is 2.26. The maximum Gasteiger partial charge on any atom is 0.404 e. The average Bonchev–Trinajstić information content (AvgIpc) is 2.40. The minimum absolute atomic E-state index is 0.0490. The van der Waals surface area contributed by atoms with Gasteiger partial charge in [-0.25, -0.2) is 4.79 Å². The summed E-state index contributed by atoms with van der Waals surface area (Å²) in [5.74, 6) is 0. The SMILES string of the molecule is O=C(Cl)OC1CCCCCCCCCCCCCCC1. The minimum Gasteiger partial charge on any atom is -0.450 e. The monoisotopic (exact) mass is 302 g/mol. The Kier molecular flexibility index (Phi) is 11.1. The Bertz CT molecular complexity index is 227. The Morgan fingerprint density at radius 2 is 0.950 bits per heavy atom. The van der Waals surface area contributed by atoms with Crippen molar-refractivity contribution in [2.45, 2.75) is 102 Å². The zero-order chi connectivity index (χ0) is 14.5.